The topological polar surface area (TPSA) is 109 Å². The van der Waals surface area contributed by atoms with Crippen LogP contribution in [-0.4, -0.2) is 79.6 Å². The highest BCUT2D eigenvalue weighted by molar-refractivity contribution is 8.15. The number of thioether (sulfide) groups is 1. The number of amidine groups is 1. The Hall–Kier alpha value is -2.43. The fourth-order valence-electron chi connectivity index (χ4n) is 3.36. The molecule has 2 aliphatic heterocycles. The van der Waals surface area contributed by atoms with Crippen molar-refractivity contribution in [3.63, 3.8) is 0 Å². The van der Waals surface area contributed by atoms with E-state index >= 15 is 0 Å². The van der Waals surface area contributed by atoms with Gasteiger partial charge in [-0.3, -0.25) is 14.4 Å². The van der Waals surface area contributed by atoms with E-state index in [0.717, 1.165) is 31.1 Å². The summed E-state index contributed by atoms with van der Waals surface area (Å²) >= 11 is 1.37. The van der Waals surface area contributed by atoms with Crippen LogP contribution >= 0.6 is 11.8 Å². The molecule has 0 bridgehead atoms. The van der Waals surface area contributed by atoms with E-state index in [4.69, 9.17) is 9.47 Å². The van der Waals surface area contributed by atoms with Crippen molar-refractivity contribution in [1.29, 1.82) is 0 Å². The van der Waals surface area contributed by atoms with Crippen LogP contribution in [-0.2, 0) is 19.1 Å². The molecule has 2 N–H and O–H groups in total. The molecule has 3 amide bonds. The summed E-state index contributed by atoms with van der Waals surface area (Å²) < 4.78 is 10.2. The van der Waals surface area contributed by atoms with Crippen molar-refractivity contribution in [1.82, 2.24) is 10.2 Å². The zero-order valence-corrected chi connectivity index (χ0v) is 19.1. The summed E-state index contributed by atoms with van der Waals surface area (Å²) in [6, 6.07) is 6.67. The standard InChI is InChI=1S/C22H30N4O5S/c1-30-13-14-31-12-4-9-23-20(28)16-5-7-17(8-6-16)24-19(27)15-18-21(29)25-22(32-18)26-10-2-3-11-26/h5-8,18H,2-4,9-15H2,1H3,(H,23,28)(H,24,27). The van der Waals surface area contributed by atoms with Gasteiger partial charge in [-0.2, -0.15) is 4.99 Å². The first-order valence-electron chi connectivity index (χ1n) is 10.9. The molecule has 2 aliphatic rings. The molecule has 3 rings (SSSR count). The lowest BCUT2D eigenvalue weighted by Gasteiger charge is -2.16. The third-order valence-corrected chi connectivity index (χ3v) is 6.30. The zero-order valence-electron chi connectivity index (χ0n) is 18.3. The Kier molecular flexibility index (Phi) is 9.51. The van der Waals surface area contributed by atoms with Gasteiger partial charge in [0.05, 0.1) is 13.2 Å². The number of nitrogens with one attached hydrogen (secondary N) is 2. The summed E-state index contributed by atoms with van der Waals surface area (Å²) in [5.41, 5.74) is 1.09. The van der Waals surface area contributed by atoms with E-state index in [1.54, 1.807) is 31.4 Å². The van der Waals surface area contributed by atoms with Crippen molar-refractivity contribution < 1.29 is 23.9 Å². The van der Waals surface area contributed by atoms with Gasteiger partial charge in [0.1, 0.15) is 5.25 Å². The third kappa shape index (κ3) is 7.32. The summed E-state index contributed by atoms with van der Waals surface area (Å²) in [7, 11) is 1.62. The van der Waals surface area contributed by atoms with Crippen LogP contribution in [0.4, 0.5) is 5.69 Å². The molecular formula is C22H30N4O5S. The van der Waals surface area contributed by atoms with Crippen LogP contribution in [0.25, 0.3) is 0 Å². The molecule has 1 unspecified atom stereocenters. The van der Waals surface area contributed by atoms with E-state index < -0.39 is 5.25 Å². The van der Waals surface area contributed by atoms with E-state index in [1.807, 2.05) is 0 Å². The van der Waals surface area contributed by atoms with Gasteiger partial charge in [-0.05, 0) is 43.5 Å². The van der Waals surface area contributed by atoms with Crippen LogP contribution in [0.15, 0.2) is 29.3 Å². The van der Waals surface area contributed by atoms with E-state index in [9.17, 15) is 14.4 Å². The number of anilines is 1. The molecule has 1 fully saturated rings. The monoisotopic (exact) mass is 462 g/mol. The number of nitrogens with zero attached hydrogens (tertiary/aromatic N) is 2. The third-order valence-electron chi connectivity index (χ3n) is 5.09. The highest BCUT2D eigenvalue weighted by Gasteiger charge is 2.33. The molecule has 0 aromatic heterocycles. The summed E-state index contributed by atoms with van der Waals surface area (Å²) in [5.74, 6) is -0.679. The lowest BCUT2D eigenvalue weighted by Crippen LogP contribution is -2.25. The lowest BCUT2D eigenvalue weighted by molar-refractivity contribution is -0.121. The first-order valence-corrected chi connectivity index (χ1v) is 11.7. The minimum Gasteiger partial charge on any atom is -0.382 e. The molecule has 2 heterocycles. The minimum absolute atomic E-state index is 0.0685. The van der Waals surface area contributed by atoms with Crippen molar-refractivity contribution in [2.45, 2.75) is 30.9 Å². The second-order valence-corrected chi connectivity index (χ2v) is 8.75. The molecule has 1 aromatic rings. The Labute approximate surface area is 192 Å². The summed E-state index contributed by atoms with van der Waals surface area (Å²) in [6.07, 6.45) is 3.00. The maximum atomic E-state index is 12.4. The first kappa shape index (κ1) is 24.2. The number of carbonyl (C=O) groups excluding carboxylic acids is 3. The molecule has 0 saturated carbocycles. The number of ether oxygens (including phenoxy) is 2. The second-order valence-electron chi connectivity index (χ2n) is 7.58. The van der Waals surface area contributed by atoms with Crippen LogP contribution in [0.2, 0.25) is 0 Å². The van der Waals surface area contributed by atoms with Crippen molar-refractivity contribution in [3.05, 3.63) is 29.8 Å². The Morgan fingerprint density at radius 1 is 1.16 bits per heavy atom. The van der Waals surface area contributed by atoms with E-state index in [2.05, 4.69) is 20.5 Å². The fourth-order valence-corrected chi connectivity index (χ4v) is 4.48. The van der Waals surface area contributed by atoms with Crippen LogP contribution in [0.3, 0.4) is 0 Å². The number of hydrogen-bond donors (Lipinski definition) is 2. The molecular weight excluding hydrogens is 432 g/mol. The van der Waals surface area contributed by atoms with Gasteiger partial charge in [0, 0.05) is 51.0 Å². The highest BCUT2D eigenvalue weighted by atomic mass is 32.2. The number of carbonyl (C=O) groups is 3. The zero-order chi connectivity index (χ0) is 22.8. The number of rotatable bonds is 11. The molecule has 174 valence electrons. The summed E-state index contributed by atoms with van der Waals surface area (Å²) in [4.78, 5) is 43.0. The number of aliphatic imine (C=N–C) groups is 1. The van der Waals surface area contributed by atoms with Crippen LogP contribution < -0.4 is 10.6 Å². The molecule has 1 saturated heterocycles. The van der Waals surface area contributed by atoms with Gasteiger partial charge in [0.25, 0.3) is 11.8 Å². The average Bonchev–Trinajstić information content (AvgIpc) is 3.44. The van der Waals surface area contributed by atoms with Gasteiger partial charge in [-0.15, -0.1) is 0 Å². The number of benzene rings is 1. The maximum Gasteiger partial charge on any atom is 0.262 e. The smallest absolute Gasteiger partial charge is 0.262 e. The van der Waals surface area contributed by atoms with Crippen LogP contribution in [0, 0.1) is 0 Å². The highest BCUT2D eigenvalue weighted by Crippen LogP contribution is 2.29. The Morgan fingerprint density at radius 2 is 1.91 bits per heavy atom. The predicted octanol–water partition coefficient (Wildman–Crippen LogP) is 1.89. The molecule has 0 aliphatic carbocycles. The normalized spacial score (nSPS) is 18.0. The van der Waals surface area contributed by atoms with Crippen LogP contribution in [0.5, 0.6) is 0 Å². The van der Waals surface area contributed by atoms with Gasteiger partial charge in [-0.25, -0.2) is 0 Å². The second kappa shape index (κ2) is 12.6. The number of amides is 3. The molecule has 10 heteroatoms. The lowest BCUT2D eigenvalue weighted by atomic mass is 10.2. The minimum atomic E-state index is -0.478. The van der Waals surface area contributed by atoms with E-state index in [0.29, 0.717) is 44.0 Å². The van der Waals surface area contributed by atoms with Crippen molar-refractivity contribution in [3.8, 4) is 0 Å². The van der Waals surface area contributed by atoms with Gasteiger partial charge in [-0.1, -0.05) is 11.8 Å². The van der Waals surface area contributed by atoms with Crippen LogP contribution in [0.1, 0.15) is 36.0 Å². The average molecular weight is 463 g/mol. The number of methoxy groups -OCH3 is 1. The van der Waals surface area contributed by atoms with E-state index in [1.165, 1.54) is 11.8 Å². The number of hydrogen-bond acceptors (Lipinski definition) is 7. The van der Waals surface area contributed by atoms with Crippen molar-refractivity contribution in [2.24, 2.45) is 4.99 Å². The molecule has 0 radical (unpaired) electrons. The summed E-state index contributed by atoms with van der Waals surface area (Å²) in [5, 5.41) is 5.89. The summed E-state index contributed by atoms with van der Waals surface area (Å²) in [6.45, 7) is 4.00. The molecule has 1 atom stereocenters. The Morgan fingerprint density at radius 3 is 2.62 bits per heavy atom. The van der Waals surface area contributed by atoms with Crippen molar-refractivity contribution >= 4 is 40.3 Å². The SMILES string of the molecule is COCCOCCCNC(=O)c1ccc(NC(=O)CC2SC(N3CCCC3)=NC2=O)cc1. The molecule has 9 nitrogen and oxygen atoms in total. The maximum absolute atomic E-state index is 12.4. The molecule has 0 spiro atoms. The Bertz CT molecular complexity index is 824. The largest absolute Gasteiger partial charge is 0.382 e. The van der Waals surface area contributed by atoms with Gasteiger partial charge in [0.2, 0.25) is 5.91 Å². The first-order chi connectivity index (χ1) is 15.6. The molecule has 32 heavy (non-hydrogen) atoms. The quantitative estimate of drug-likeness (QED) is 0.483. The van der Waals surface area contributed by atoms with Gasteiger partial charge >= 0.3 is 0 Å². The van der Waals surface area contributed by atoms with Gasteiger partial charge < -0.3 is 25.0 Å². The number of likely N-dealkylation sites (tertiary alicyclic amines) is 1. The predicted molar refractivity (Wildman–Crippen MR) is 124 cm³/mol. The molecule has 1 aromatic carbocycles. The van der Waals surface area contributed by atoms with Crippen molar-refractivity contribution in [2.75, 3.05) is 51.9 Å². The van der Waals surface area contributed by atoms with E-state index in [-0.39, 0.29) is 24.1 Å². The fraction of sp³-hybridized carbons (Fsp3) is 0.545. The van der Waals surface area contributed by atoms with Gasteiger partial charge in [0.15, 0.2) is 5.17 Å². The Balaban J connectivity index is 1.37.